The van der Waals surface area contributed by atoms with Gasteiger partial charge in [0, 0.05) is 42.5 Å². The monoisotopic (exact) mass is 467 g/mol. The van der Waals surface area contributed by atoms with E-state index in [1.54, 1.807) is 36.7 Å². The maximum absolute atomic E-state index is 12.7. The molecule has 7 heteroatoms. The van der Waals surface area contributed by atoms with Gasteiger partial charge in [-0.15, -0.1) is 0 Å². The minimum atomic E-state index is -0.170. The van der Waals surface area contributed by atoms with Crippen LogP contribution in [0.5, 0.6) is 0 Å². The molecule has 0 saturated heterocycles. The molecule has 0 saturated carbocycles. The van der Waals surface area contributed by atoms with Gasteiger partial charge in [0.25, 0.3) is 11.8 Å². The van der Waals surface area contributed by atoms with Crippen LogP contribution in [0.2, 0.25) is 0 Å². The van der Waals surface area contributed by atoms with Crippen molar-refractivity contribution in [1.82, 2.24) is 25.7 Å². The van der Waals surface area contributed by atoms with Crippen molar-refractivity contribution in [2.75, 3.05) is 14.1 Å². The van der Waals surface area contributed by atoms with E-state index in [9.17, 15) is 9.59 Å². The Labute approximate surface area is 205 Å². The third kappa shape index (κ3) is 6.65. The van der Waals surface area contributed by atoms with Gasteiger partial charge in [0.05, 0.1) is 6.20 Å². The van der Waals surface area contributed by atoms with Gasteiger partial charge < -0.3 is 15.5 Å². The van der Waals surface area contributed by atoms with Crippen molar-refractivity contribution in [3.05, 3.63) is 113 Å². The standard InChI is InChI=1S/C28H29N5O2/c1-33(2)19-22-7-3-5-20(13-22)15-30-28(35)25-8-4-6-21(14-25)16-29-27(34)24-11-9-23(10-12-24)26-17-31-32-18-26/h3-14,17-18H,15-16,19H2,1-2H3,(H,29,34)(H,30,35)(H,31,32). The molecule has 0 bridgehead atoms. The van der Waals surface area contributed by atoms with Crippen LogP contribution in [-0.2, 0) is 19.6 Å². The summed E-state index contributed by atoms with van der Waals surface area (Å²) < 4.78 is 0. The Balaban J connectivity index is 1.31. The van der Waals surface area contributed by atoms with Gasteiger partial charge in [-0.1, -0.05) is 48.5 Å². The number of carbonyl (C=O) groups is 2. The second kappa shape index (κ2) is 11.3. The number of nitrogens with zero attached hydrogens (tertiary/aromatic N) is 2. The molecule has 2 amide bonds. The molecule has 0 aliphatic carbocycles. The van der Waals surface area contributed by atoms with E-state index in [4.69, 9.17) is 0 Å². The lowest BCUT2D eigenvalue weighted by atomic mass is 10.1. The second-order valence-corrected chi connectivity index (χ2v) is 8.69. The van der Waals surface area contributed by atoms with Crippen LogP contribution in [0.3, 0.4) is 0 Å². The first kappa shape index (κ1) is 23.9. The second-order valence-electron chi connectivity index (χ2n) is 8.69. The highest BCUT2D eigenvalue weighted by Gasteiger charge is 2.09. The molecular formula is C28H29N5O2. The van der Waals surface area contributed by atoms with E-state index in [1.807, 2.05) is 50.5 Å². The molecule has 0 fully saturated rings. The van der Waals surface area contributed by atoms with E-state index < -0.39 is 0 Å². The number of nitrogens with one attached hydrogen (secondary N) is 3. The minimum absolute atomic E-state index is 0.147. The maximum Gasteiger partial charge on any atom is 0.251 e. The molecule has 3 N–H and O–H groups in total. The van der Waals surface area contributed by atoms with Crippen LogP contribution in [0, 0.1) is 0 Å². The van der Waals surface area contributed by atoms with E-state index in [2.05, 4.69) is 37.9 Å². The smallest absolute Gasteiger partial charge is 0.251 e. The predicted molar refractivity (Wildman–Crippen MR) is 137 cm³/mol. The van der Waals surface area contributed by atoms with Crippen LogP contribution in [0.4, 0.5) is 0 Å². The lowest BCUT2D eigenvalue weighted by Gasteiger charge is -2.12. The SMILES string of the molecule is CN(C)Cc1cccc(CNC(=O)c2cccc(CNC(=O)c3ccc(-c4cn[nH]c4)cc3)c2)c1. The zero-order chi connectivity index (χ0) is 24.6. The van der Waals surface area contributed by atoms with Gasteiger partial charge in [-0.2, -0.15) is 5.10 Å². The number of hydrogen-bond acceptors (Lipinski definition) is 4. The number of aromatic nitrogens is 2. The molecule has 0 spiro atoms. The number of benzene rings is 3. The quantitative estimate of drug-likeness (QED) is 0.347. The van der Waals surface area contributed by atoms with E-state index in [0.29, 0.717) is 24.2 Å². The Bertz CT molecular complexity index is 1280. The molecule has 1 heterocycles. The molecule has 178 valence electrons. The fourth-order valence-corrected chi connectivity index (χ4v) is 3.82. The first-order valence-electron chi connectivity index (χ1n) is 11.4. The molecule has 0 radical (unpaired) electrons. The fourth-order valence-electron chi connectivity index (χ4n) is 3.82. The third-order valence-electron chi connectivity index (χ3n) is 5.56. The average molecular weight is 468 g/mol. The summed E-state index contributed by atoms with van der Waals surface area (Å²) in [6.07, 6.45) is 3.54. The Hall–Kier alpha value is -4.23. The van der Waals surface area contributed by atoms with Crippen molar-refractivity contribution >= 4 is 11.8 Å². The maximum atomic E-state index is 12.7. The summed E-state index contributed by atoms with van der Waals surface area (Å²) in [6.45, 7) is 1.63. The molecule has 0 atom stereocenters. The van der Waals surface area contributed by atoms with Gasteiger partial charge in [0.1, 0.15) is 0 Å². The van der Waals surface area contributed by atoms with Gasteiger partial charge in [-0.3, -0.25) is 14.7 Å². The summed E-state index contributed by atoms with van der Waals surface area (Å²) >= 11 is 0. The molecule has 1 aromatic heterocycles. The fraction of sp³-hybridized carbons (Fsp3) is 0.179. The topological polar surface area (TPSA) is 90.1 Å². The lowest BCUT2D eigenvalue weighted by Crippen LogP contribution is -2.24. The molecule has 4 rings (SSSR count). The van der Waals surface area contributed by atoms with Gasteiger partial charge in [0.15, 0.2) is 0 Å². The Kier molecular flexibility index (Phi) is 7.70. The van der Waals surface area contributed by atoms with Gasteiger partial charge in [0.2, 0.25) is 0 Å². The van der Waals surface area contributed by atoms with Crippen LogP contribution < -0.4 is 10.6 Å². The van der Waals surface area contributed by atoms with Gasteiger partial charge >= 0.3 is 0 Å². The van der Waals surface area contributed by atoms with Crippen molar-refractivity contribution in [2.45, 2.75) is 19.6 Å². The van der Waals surface area contributed by atoms with E-state index in [0.717, 1.165) is 28.8 Å². The molecule has 4 aromatic rings. The van der Waals surface area contributed by atoms with E-state index >= 15 is 0 Å². The van der Waals surface area contributed by atoms with Crippen molar-refractivity contribution in [1.29, 1.82) is 0 Å². The molecule has 0 aliphatic rings. The summed E-state index contributed by atoms with van der Waals surface area (Å²) in [5.74, 6) is -0.317. The molecule has 0 unspecified atom stereocenters. The number of rotatable bonds is 9. The van der Waals surface area contributed by atoms with Crippen molar-refractivity contribution < 1.29 is 9.59 Å². The molecule has 7 nitrogen and oxygen atoms in total. The van der Waals surface area contributed by atoms with Crippen LogP contribution in [-0.4, -0.2) is 41.0 Å². The van der Waals surface area contributed by atoms with Gasteiger partial charge in [-0.25, -0.2) is 0 Å². The Morgan fingerprint density at radius 2 is 1.40 bits per heavy atom. The molecule has 0 aliphatic heterocycles. The number of H-pyrrole nitrogens is 1. The van der Waals surface area contributed by atoms with Crippen LogP contribution in [0.1, 0.15) is 37.4 Å². The third-order valence-corrected chi connectivity index (χ3v) is 5.56. The zero-order valence-corrected chi connectivity index (χ0v) is 19.9. The Morgan fingerprint density at radius 1 is 0.771 bits per heavy atom. The largest absolute Gasteiger partial charge is 0.348 e. The lowest BCUT2D eigenvalue weighted by molar-refractivity contribution is 0.0945. The summed E-state index contributed by atoms with van der Waals surface area (Å²) in [4.78, 5) is 27.4. The predicted octanol–water partition coefficient (Wildman–Crippen LogP) is 4.00. The average Bonchev–Trinajstić information content (AvgIpc) is 3.41. The first-order chi connectivity index (χ1) is 17.0. The van der Waals surface area contributed by atoms with E-state index in [-0.39, 0.29) is 11.8 Å². The summed E-state index contributed by atoms with van der Waals surface area (Å²) in [6, 6.07) is 22.9. The molecule has 3 aromatic carbocycles. The summed E-state index contributed by atoms with van der Waals surface area (Å²) in [5.41, 5.74) is 6.20. The van der Waals surface area contributed by atoms with Gasteiger partial charge in [-0.05, 0) is 60.6 Å². The highest BCUT2D eigenvalue weighted by atomic mass is 16.2. The van der Waals surface area contributed by atoms with E-state index in [1.165, 1.54) is 5.56 Å². The first-order valence-corrected chi connectivity index (χ1v) is 11.4. The van der Waals surface area contributed by atoms with Crippen LogP contribution >= 0.6 is 0 Å². The van der Waals surface area contributed by atoms with Crippen molar-refractivity contribution in [2.24, 2.45) is 0 Å². The highest BCUT2D eigenvalue weighted by Crippen LogP contribution is 2.18. The van der Waals surface area contributed by atoms with Crippen molar-refractivity contribution in [3.8, 4) is 11.1 Å². The normalized spacial score (nSPS) is 10.8. The van der Waals surface area contributed by atoms with Crippen LogP contribution in [0.25, 0.3) is 11.1 Å². The highest BCUT2D eigenvalue weighted by molar-refractivity contribution is 5.95. The summed E-state index contributed by atoms with van der Waals surface area (Å²) in [7, 11) is 4.06. The number of carbonyl (C=O) groups excluding carboxylic acids is 2. The number of hydrogen-bond donors (Lipinski definition) is 3. The minimum Gasteiger partial charge on any atom is -0.348 e. The molecular weight excluding hydrogens is 438 g/mol. The van der Waals surface area contributed by atoms with Crippen molar-refractivity contribution in [3.63, 3.8) is 0 Å². The number of amides is 2. The Morgan fingerprint density at radius 3 is 2.06 bits per heavy atom. The zero-order valence-electron chi connectivity index (χ0n) is 19.9. The number of aromatic amines is 1. The van der Waals surface area contributed by atoms with Crippen LogP contribution in [0.15, 0.2) is 85.2 Å². The summed E-state index contributed by atoms with van der Waals surface area (Å²) in [5, 5.41) is 12.6. The molecule has 35 heavy (non-hydrogen) atoms.